The Bertz CT molecular complexity index is 526. The Morgan fingerprint density at radius 1 is 1.38 bits per heavy atom. The van der Waals surface area contributed by atoms with Crippen molar-refractivity contribution in [2.45, 2.75) is 19.8 Å². The molecule has 0 unspecified atom stereocenters. The van der Waals surface area contributed by atoms with Crippen LogP contribution in [0.5, 0.6) is 0 Å². The molecule has 1 aromatic carbocycles. The molecule has 0 aliphatic heterocycles. The summed E-state index contributed by atoms with van der Waals surface area (Å²) in [6.07, 6.45) is 0. The molecule has 0 aliphatic carbocycles. The van der Waals surface area contributed by atoms with Gasteiger partial charge >= 0.3 is 5.97 Å². The largest absolute Gasteiger partial charge is 0.465 e. The lowest BCUT2D eigenvalue weighted by Gasteiger charge is -1.99. The molecule has 0 amide bonds. The van der Waals surface area contributed by atoms with Crippen molar-refractivity contribution in [1.29, 1.82) is 0 Å². The van der Waals surface area contributed by atoms with Crippen molar-refractivity contribution in [2.24, 2.45) is 0 Å². The van der Waals surface area contributed by atoms with E-state index < -0.39 is 0 Å². The lowest BCUT2D eigenvalue weighted by Crippen LogP contribution is -2.00. The summed E-state index contributed by atoms with van der Waals surface area (Å²) in [6, 6.07) is 7.63. The van der Waals surface area contributed by atoms with Crippen LogP contribution in [0.4, 0.5) is 0 Å². The molecule has 0 spiro atoms. The van der Waals surface area contributed by atoms with Crippen LogP contribution in [0.3, 0.4) is 0 Å². The van der Waals surface area contributed by atoms with Crippen LogP contribution in [-0.2, 0) is 4.74 Å². The average Bonchev–Trinajstić information content (AvgIpc) is 2.71. The fourth-order valence-electron chi connectivity index (χ4n) is 1.78. The number of benzene rings is 1. The first-order chi connectivity index (χ1) is 7.63. The summed E-state index contributed by atoms with van der Waals surface area (Å²) < 4.78 is 4.76. The Balaban J connectivity index is 2.63. The van der Waals surface area contributed by atoms with E-state index in [1.54, 1.807) is 6.07 Å². The lowest BCUT2D eigenvalue weighted by molar-refractivity contribution is 0.0603. The van der Waals surface area contributed by atoms with Crippen molar-refractivity contribution in [3.8, 4) is 0 Å². The first-order valence-electron chi connectivity index (χ1n) is 5.33. The van der Waals surface area contributed by atoms with Gasteiger partial charge in [0.2, 0.25) is 0 Å². The van der Waals surface area contributed by atoms with Crippen molar-refractivity contribution in [3.63, 3.8) is 0 Å². The maximum atomic E-state index is 11.6. The second-order valence-electron chi connectivity index (χ2n) is 4.14. The van der Waals surface area contributed by atoms with E-state index >= 15 is 0 Å². The van der Waals surface area contributed by atoms with Crippen LogP contribution in [0.2, 0.25) is 0 Å². The van der Waals surface area contributed by atoms with E-state index in [1.165, 1.54) is 7.11 Å². The van der Waals surface area contributed by atoms with Gasteiger partial charge < -0.3 is 9.72 Å². The van der Waals surface area contributed by atoms with Crippen molar-refractivity contribution < 1.29 is 9.53 Å². The number of carbonyl (C=O) groups is 1. The highest BCUT2D eigenvalue weighted by Crippen LogP contribution is 2.24. The van der Waals surface area contributed by atoms with Gasteiger partial charge in [0, 0.05) is 16.6 Å². The Labute approximate surface area is 94.4 Å². The number of aromatic amines is 1. The Morgan fingerprint density at radius 3 is 2.75 bits per heavy atom. The maximum Gasteiger partial charge on any atom is 0.338 e. The summed E-state index contributed by atoms with van der Waals surface area (Å²) >= 11 is 0. The van der Waals surface area contributed by atoms with Crippen molar-refractivity contribution in [3.05, 3.63) is 35.5 Å². The zero-order valence-electron chi connectivity index (χ0n) is 9.70. The summed E-state index contributed by atoms with van der Waals surface area (Å²) in [6.45, 7) is 4.23. The van der Waals surface area contributed by atoms with E-state index in [1.807, 2.05) is 18.2 Å². The molecule has 0 fully saturated rings. The predicted octanol–water partition coefficient (Wildman–Crippen LogP) is 3.08. The minimum Gasteiger partial charge on any atom is -0.465 e. The molecule has 1 aromatic heterocycles. The van der Waals surface area contributed by atoms with Gasteiger partial charge in [0.25, 0.3) is 0 Å². The van der Waals surface area contributed by atoms with Gasteiger partial charge in [0.05, 0.1) is 12.7 Å². The number of aromatic nitrogens is 1. The molecule has 0 atom stereocenters. The molecular formula is C13H15NO2. The quantitative estimate of drug-likeness (QED) is 0.785. The van der Waals surface area contributed by atoms with E-state index in [4.69, 9.17) is 4.74 Å². The number of methoxy groups -OCH3 is 1. The van der Waals surface area contributed by atoms with Gasteiger partial charge in [-0.3, -0.25) is 0 Å². The highest BCUT2D eigenvalue weighted by Gasteiger charge is 2.12. The molecule has 2 rings (SSSR count). The monoisotopic (exact) mass is 217 g/mol. The number of carbonyl (C=O) groups excluding carboxylic acids is 1. The molecule has 0 radical (unpaired) electrons. The smallest absolute Gasteiger partial charge is 0.338 e. The van der Waals surface area contributed by atoms with Crippen LogP contribution >= 0.6 is 0 Å². The average molecular weight is 217 g/mol. The van der Waals surface area contributed by atoms with Crippen molar-refractivity contribution >= 4 is 16.9 Å². The zero-order valence-corrected chi connectivity index (χ0v) is 9.70. The molecule has 0 aliphatic rings. The number of rotatable bonds is 2. The molecule has 0 saturated carbocycles. The van der Waals surface area contributed by atoms with Crippen LogP contribution in [-0.4, -0.2) is 18.1 Å². The van der Waals surface area contributed by atoms with Gasteiger partial charge in [0.1, 0.15) is 0 Å². The van der Waals surface area contributed by atoms with Crippen molar-refractivity contribution in [2.75, 3.05) is 7.11 Å². The van der Waals surface area contributed by atoms with Gasteiger partial charge in [0.15, 0.2) is 0 Å². The highest BCUT2D eigenvalue weighted by molar-refractivity contribution is 6.03. The lowest BCUT2D eigenvalue weighted by atomic mass is 10.1. The minimum atomic E-state index is -0.292. The maximum absolute atomic E-state index is 11.6. The predicted molar refractivity (Wildman–Crippen MR) is 63.7 cm³/mol. The summed E-state index contributed by atoms with van der Waals surface area (Å²) in [4.78, 5) is 14.9. The number of nitrogens with one attached hydrogen (secondary N) is 1. The highest BCUT2D eigenvalue weighted by atomic mass is 16.5. The standard InChI is InChI=1S/C13H15NO2/c1-8(2)12-7-10-9(13(15)16-3)5-4-6-11(10)14-12/h4-8,14H,1-3H3. The van der Waals surface area contributed by atoms with Gasteiger partial charge in [-0.15, -0.1) is 0 Å². The third kappa shape index (κ3) is 1.69. The van der Waals surface area contributed by atoms with Crippen LogP contribution in [0.15, 0.2) is 24.3 Å². The van der Waals surface area contributed by atoms with E-state index in [0.717, 1.165) is 16.6 Å². The zero-order chi connectivity index (χ0) is 11.7. The van der Waals surface area contributed by atoms with E-state index in [2.05, 4.69) is 18.8 Å². The molecule has 3 heteroatoms. The third-order valence-electron chi connectivity index (χ3n) is 2.71. The van der Waals surface area contributed by atoms with Crippen LogP contribution in [0.1, 0.15) is 35.8 Å². The molecule has 0 saturated heterocycles. The Kier molecular flexibility index (Phi) is 2.69. The number of ether oxygens (including phenoxy) is 1. The van der Waals surface area contributed by atoms with E-state index in [9.17, 15) is 4.79 Å². The van der Waals surface area contributed by atoms with Crippen LogP contribution < -0.4 is 0 Å². The normalized spacial score (nSPS) is 11.0. The molecular weight excluding hydrogens is 202 g/mol. The minimum absolute atomic E-state index is 0.292. The molecule has 1 heterocycles. The number of hydrogen-bond acceptors (Lipinski definition) is 2. The van der Waals surface area contributed by atoms with Gasteiger partial charge in [-0.1, -0.05) is 19.9 Å². The van der Waals surface area contributed by atoms with Crippen LogP contribution in [0, 0.1) is 0 Å². The molecule has 16 heavy (non-hydrogen) atoms. The van der Waals surface area contributed by atoms with E-state index in [0.29, 0.717) is 11.5 Å². The first kappa shape index (κ1) is 10.7. The molecule has 84 valence electrons. The molecule has 1 N–H and O–H groups in total. The van der Waals surface area contributed by atoms with Gasteiger partial charge in [-0.05, 0) is 24.1 Å². The van der Waals surface area contributed by atoms with Gasteiger partial charge in [-0.25, -0.2) is 4.79 Å². The number of hydrogen-bond donors (Lipinski definition) is 1. The molecule has 3 nitrogen and oxygen atoms in total. The number of fused-ring (bicyclic) bond motifs is 1. The molecule has 2 aromatic rings. The van der Waals surface area contributed by atoms with Crippen molar-refractivity contribution in [1.82, 2.24) is 4.98 Å². The Morgan fingerprint density at radius 2 is 2.12 bits per heavy atom. The second kappa shape index (κ2) is 4.00. The summed E-state index contributed by atoms with van der Waals surface area (Å²) in [5, 5.41) is 0.929. The number of H-pyrrole nitrogens is 1. The SMILES string of the molecule is COC(=O)c1cccc2[nH]c(C(C)C)cc12. The fraction of sp³-hybridized carbons (Fsp3) is 0.308. The van der Waals surface area contributed by atoms with Gasteiger partial charge in [-0.2, -0.15) is 0 Å². The summed E-state index contributed by atoms with van der Waals surface area (Å²) in [5.74, 6) is 0.123. The summed E-state index contributed by atoms with van der Waals surface area (Å²) in [7, 11) is 1.40. The molecule has 0 bridgehead atoms. The fourth-order valence-corrected chi connectivity index (χ4v) is 1.78. The summed E-state index contributed by atoms with van der Waals surface area (Å²) in [5.41, 5.74) is 2.72. The topological polar surface area (TPSA) is 42.1 Å². The first-order valence-corrected chi connectivity index (χ1v) is 5.33. The van der Waals surface area contributed by atoms with E-state index in [-0.39, 0.29) is 5.97 Å². The van der Waals surface area contributed by atoms with Crippen LogP contribution in [0.25, 0.3) is 10.9 Å². The second-order valence-corrected chi connectivity index (χ2v) is 4.14. The number of esters is 1. The Hall–Kier alpha value is -1.77. The third-order valence-corrected chi connectivity index (χ3v) is 2.71.